The Morgan fingerprint density at radius 2 is 1.95 bits per heavy atom. The minimum atomic E-state index is -4.59. The smallest absolute Gasteiger partial charge is 0.420 e. The van der Waals surface area contributed by atoms with Gasteiger partial charge in [0, 0.05) is 7.05 Å². The number of carbonyl (C=O) groups is 1. The van der Waals surface area contributed by atoms with Gasteiger partial charge in [0.1, 0.15) is 5.56 Å². The highest BCUT2D eigenvalue weighted by Gasteiger charge is 2.37. The Morgan fingerprint density at radius 1 is 1.30 bits per heavy atom. The van der Waals surface area contributed by atoms with Crippen molar-refractivity contribution in [3.63, 3.8) is 0 Å². The fourth-order valence-electron chi connectivity index (χ4n) is 1.65. The van der Waals surface area contributed by atoms with Crippen molar-refractivity contribution >= 4 is 5.91 Å². The number of halogens is 3. The summed E-state index contributed by atoms with van der Waals surface area (Å²) in [4.78, 5) is 11.7. The van der Waals surface area contributed by atoms with Crippen molar-refractivity contribution in [2.45, 2.75) is 19.5 Å². The van der Waals surface area contributed by atoms with Crippen LogP contribution in [0.2, 0.25) is 0 Å². The highest BCUT2D eigenvalue weighted by Crippen LogP contribution is 2.43. The molecule has 4 nitrogen and oxygen atoms in total. The van der Waals surface area contributed by atoms with Gasteiger partial charge in [0.05, 0.1) is 19.3 Å². The molecule has 0 saturated carbocycles. The third-order valence-corrected chi connectivity index (χ3v) is 2.54. The molecule has 0 aliphatic carbocycles. The van der Waals surface area contributed by atoms with E-state index in [1.807, 2.05) is 0 Å². The molecule has 0 unspecified atom stereocenters. The SMILES string of the molecule is CCCOc1c(C(=O)NC)ccc(C(F)(F)F)c1OC. The number of alkyl halides is 3. The molecule has 0 heterocycles. The number of benzene rings is 1. The van der Waals surface area contributed by atoms with Gasteiger partial charge in [-0.15, -0.1) is 0 Å². The van der Waals surface area contributed by atoms with Crippen LogP contribution in [0.25, 0.3) is 0 Å². The number of rotatable bonds is 5. The maximum absolute atomic E-state index is 12.9. The molecule has 1 aromatic carbocycles. The van der Waals surface area contributed by atoms with Gasteiger partial charge < -0.3 is 14.8 Å². The van der Waals surface area contributed by atoms with Crippen LogP contribution in [0, 0.1) is 0 Å². The van der Waals surface area contributed by atoms with E-state index in [2.05, 4.69) is 5.32 Å². The number of ether oxygens (including phenoxy) is 2. The van der Waals surface area contributed by atoms with E-state index in [1.54, 1.807) is 6.92 Å². The third-order valence-electron chi connectivity index (χ3n) is 2.54. The lowest BCUT2D eigenvalue weighted by Crippen LogP contribution is -2.20. The van der Waals surface area contributed by atoms with Crippen LogP contribution in [-0.4, -0.2) is 26.7 Å². The maximum atomic E-state index is 12.9. The predicted octanol–water partition coefficient (Wildman–Crippen LogP) is 2.86. The Balaban J connectivity index is 3.46. The van der Waals surface area contributed by atoms with Crippen molar-refractivity contribution in [3.8, 4) is 11.5 Å². The summed E-state index contributed by atoms with van der Waals surface area (Å²) in [5, 5.41) is 2.35. The van der Waals surface area contributed by atoms with E-state index in [0.717, 1.165) is 19.2 Å². The Kier molecular flexibility index (Phi) is 5.24. The second-order valence-corrected chi connectivity index (χ2v) is 3.95. The number of amides is 1. The van der Waals surface area contributed by atoms with Gasteiger partial charge in [0.2, 0.25) is 0 Å². The number of methoxy groups -OCH3 is 1. The van der Waals surface area contributed by atoms with Crippen LogP contribution >= 0.6 is 0 Å². The first-order valence-corrected chi connectivity index (χ1v) is 5.99. The van der Waals surface area contributed by atoms with E-state index in [-0.39, 0.29) is 17.9 Å². The van der Waals surface area contributed by atoms with Crippen LogP contribution in [0.3, 0.4) is 0 Å². The lowest BCUT2D eigenvalue weighted by atomic mass is 10.1. The summed E-state index contributed by atoms with van der Waals surface area (Å²) in [6.07, 6.45) is -4.00. The first kappa shape index (κ1) is 16.1. The van der Waals surface area contributed by atoms with Gasteiger partial charge in [-0.1, -0.05) is 6.92 Å². The molecule has 0 aromatic heterocycles. The van der Waals surface area contributed by atoms with Crippen LogP contribution in [-0.2, 0) is 6.18 Å². The third kappa shape index (κ3) is 3.34. The fourth-order valence-corrected chi connectivity index (χ4v) is 1.65. The molecule has 0 radical (unpaired) electrons. The minimum absolute atomic E-state index is 0.00537. The average molecular weight is 291 g/mol. The second kappa shape index (κ2) is 6.49. The molecular weight excluding hydrogens is 275 g/mol. The predicted molar refractivity (Wildman–Crippen MR) is 67.2 cm³/mol. The molecule has 0 atom stereocenters. The molecule has 0 spiro atoms. The quantitative estimate of drug-likeness (QED) is 0.907. The Morgan fingerprint density at radius 3 is 2.40 bits per heavy atom. The first-order chi connectivity index (χ1) is 9.36. The monoisotopic (exact) mass is 291 g/mol. The van der Waals surface area contributed by atoms with E-state index in [0.29, 0.717) is 6.42 Å². The number of hydrogen-bond acceptors (Lipinski definition) is 3. The number of carbonyl (C=O) groups excluding carboxylic acids is 1. The van der Waals surface area contributed by atoms with Gasteiger partial charge in [-0.2, -0.15) is 13.2 Å². The standard InChI is InChI=1S/C13H16F3NO3/c1-4-7-20-10-8(12(18)17-2)5-6-9(11(10)19-3)13(14,15)16/h5-6H,4,7H2,1-3H3,(H,17,18). The number of nitrogens with one attached hydrogen (secondary N) is 1. The Bertz CT molecular complexity index is 486. The zero-order chi connectivity index (χ0) is 15.3. The Labute approximate surface area is 114 Å². The molecule has 20 heavy (non-hydrogen) atoms. The number of hydrogen-bond donors (Lipinski definition) is 1. The molecule has 0 bridgehead atoms. The lowest BCUT2D eigenvalue weighted by molar-refractivity contribution is -0.138. The second-order valence-electron chi connectivity index (χ2n) is 3.95. The van der Waals surface area contributed by atoms with Crippen LogP contribution in [0.5, 0.6) is 11.5 Å². The molecular formula is C13H16F3NO3. The molecule has 0 aliphatic rings. The van der Waals surface area contributed by atoms with Crippen molar-refractivity contribution in [1.82, 2.24) is 5.32 Å². The minimum Gasteiger partial charge on any atom is -0.492 e. The van der Waals surface area contributed by atoms with E-state index in [1.165, 1.54) is 7.05 Å². The molecule has 0 fully saturated rings. The molecule has 0 saturated heterocycles. The van der Waals surface area contributed by atoms with Crippen molar-refractivity contribution < 1.29 is 27.4 Å². The zero-order valence-electron chi connectivity index (χ0n) is 11.4. The van der Waals surface area contributed by atoms with Gasteiger partial charge in [-0.3, -0.25) is 4.79 Å². The lowest BCUT2D eigenvalue weighted by Gasteiger charge is -2.18. The molecule has 1 aromatic rings. The van der Waals surface area contributed by atoms with Gasteiger partial charge >= 0.3 is 6.18 Å². The van der Waals surface area contributed by atoms with Crippen LogP contribution < -0.4 is 14.8 Å². The highest BCUT2D eigenvalue weighted by molar-refractivity contribution is 5.97. The highest BCUT2D eigenvalue weighted by atomic mass is 19.4. The van der Waals surface area contributed by atoms with Gasteiger partial charge in [-0.05, 0) is 18.6 Å². The molecule has 1 amide bonds. The zero-order valence-corrected chi connectivity index (χ0v) is 11.4. The van der Waals surface area contributed by atoms with Gasteiger partial charge in [-0.25, -0.2) is 0 Å². The summed E-state index contributed by atoms with van der Waals surface area (Å²) in [6.45, 7) is 1.99. The summed E-state index contributed by atoms with van der Waals surface area (Å²) in [6, 6.07) is 1.89. The van der Waals surface area contributed by atoms with Crippen LogP contribution in [0.15, 0.2) is 12.1 Å². The molecule has 112 valence electrons. The van der Waals surface area contributed by atoms with Crippen LogP contribution in [0.4, 0.5) is 13.2 Å². The molecule has 7 heteroatoms. The van der Waals surface area contributed by atoms with E-state index in [4.69, 9.17) is 9.47 Å². The van der Waals surface area contributed by atoms with Gasteiger partial charge in [0.25, 0.3) is 5.91 Å². The first-order valence-electron chi connectivity index (χ1n) is 5.99. The molecule has 1 rings (SSSR count). The van der Waals surface area contributed by atoms with E-state index < -0.39 is 23.4 Å². The average Bonchev–Trinajstić information content (AvgIpc) is 2.41. The topological polar surface area (TPSA) is 47.6 Å². The summed E-state index contributed by atoms with van der Waals surface area (Å²) < 4.78 is 48.8. The van der Waals surface area contributed by atoms with Gasteiger partial charge in [0.15, 0.2) is 11.5 Å². The fraction of sp³-hybridized carbons (Fsp3) is 0.462. The van der Waals surface area contributed by atoms with E-state index >= 15 is 0 Å². The summed E-state index contributed by atoms with van der Waals surface area (Å²) in [7, 11) is 2.49. The van der Waals surface area contributed by atoms with Crippen LogP contribution in [0.1, 0.15) is 29.3 Å². The van der Waals surface area contributed by atoms with E-state index in [9.17, 15) is 18.0 Å². The van der Waals surface area contributed by atoms with Crippen molar-refractivity contribution in [3.05, 3.63) is 23.3 Å². The Hall–Kier alpha value is -1.92. The maximum Gasteiger partial charge on any atom is 0.420 e. The van der Waals surface area contributed by atoms with Crippen molar-refractivity contribution in [1.29, 1.82) is 0 Å². The molecule has 0 aliphatic heterocycles. The summed E-state index contributed by atoms with van der Waals surface area (Å²) in [5.74, 6) is -1.21. The normalized spacial score (nSPS) is 11.1. The van der Waals surface area contributed by atoms with Crippen molar-refractivity contribution in [2.24, 2.45) is 0 Å². The molecule has 1 N–H and O–H groups in total. The summed E-state index contributed by atoms with van der Waals surface area (Å²) >= 11 is 0. The largest absolute Gasteiger partial charge is 0.492 e. The van der Waals surface area contributed by atoms with Crippen molar-refractivity contribution in [2.75, 3.05) is 20.8 Å². The summed E-state index contributed by atoms with van der Waals surface area (Å²) in [5.41, 5.74) is -0.968.